The molecule has 0 aliphatic carbocycles. The fraction of sp³-hybridized carbons (Fsp3) is 0.273. The Bertz CT molecular complexity index is 426. The molecule has 0 fully saturated rings. The summed E-state index contributed by atoms with van der Waals surface area (Å²) in [7, 11) is 0. The topological polar surface area (TPSA) is 73.1 Å². The first-order valence-corrected chi connectivity index (χ1v) is 5.94. The maximum Gasteiger partial charge on any atom is 0.305 e. The van der Waals surface area contributed by atoms with E-state index in [9.17, 15) is 4.79 Å². The van der Waals surface area contributed by atoms with Gasteiger partial charge in [-0.2, -0.15) is 5.26 Å². The Hall–Kier alpha value is -1.67. The summed E-state index contributed by atoms with van der Waals surface area (Å²) in [5, 5.41) is 20.5. The van der Waals surface area contributed by atoms with Crippen molar-refractivity contribution in [1.82, 2.24) is 0 Å². The molecule has 0 radical (unpaired) electrons. The molecular weight excluding hydrogens is 224 g/mol. The number of hydrogen-bond donors (Lipinski definition) is 2. The molecule has 0 saturated carbocycles. The second-order valence-electron chi connectivity index (χ2n) is 3.07. The Kier molecular flexibility index (Phi) is 4.67. The van der Waals surface area contributed by atoms with E-state index in [2.05, 4.69) is 11.4 Å². The number of anilines is 1. The SMILES string of the molecule is CSc1cccc(NCCC(=O)O)c1C#N. The van der Waals surface area contributed by atoms with Crippen molar-refractivity contribution in [3.05, 3.63) is 23.8 Å². The van der Waals surface area contributed by atoms with Crippen LogP contribution >= 0.6 is 11.8 Å². The van der Waals surface area contributed by atoms with Gasteiger partial charge in [0.2, 0.25) is 0 Å². The molecule has 0 aromatic heterocycles. The third kappa shape index (κ3) is 3.17. The second-order valence-corrected chi connectivity index (χ2v) is 3.91. The van der Waals surface area contributed by atoms with Gasteiger partial charge in [-0.05, 0) is 18.4 Å². The second kappa shape index (κ2) is 6.03. The number of carbonyl (C=O) groups is 1. The van der Waals surface area contributed by atoms with Crippen LogP contribution < -0.4 is 5.32 Å². The largest absolute Gasteiger partial charge is 0.481 e. The molecule has 0 bridgehead atoms. The summed E-state index contributed by atoms with van der Waals surface area (Å²) in [6.07, 6.45) is 1.94. The minimum Gasteiger partial charge on any atom is -0.481 e. The molecular formula is C11H12N2O2S. The minimum atomic E-state index is -0.855. The maximum atomic E-state index is 10.4. The van der Waals surface area contributed by atoms with Crippen LogP contribution in [-0.4, -0.2) is 23.9 Å². The lowest BCUT2D eigenvalue weighted by molar-refractivity contribution is -0.136. The molecule has 84 valence electrons. The Morgan fingerprint density at radius 2 is 2.38 bits per heavy atom. The van der Waals surface area contributed by atoms with Crippen LogP contribution in [0.4, 0.5) is 5.69 Å². The van der Waals surface area contributed by atoms with E-state index in [1.165, 1.54) is 11.8 Å². The zero-order valence-corrected chi connectivity index (χ0v) is 9.67. The van der Waals surface area contributed by atoms with Crippen molar-refractivity contribution in [2.24, 2.45) is 0 Å². The molecule has 0 heterocycles. The molecule has 0 aliphatic heterocycles. The highest BCUT2D eigenvalue weighted by molar-refractivity contribution is 7.98. The van der Waals surface area contributed by atoms with Gasteiger partial charge in [-0.15, -0.1) is 11.8 Å². The van der Waals surface area contributed by atoms with Crippen molar-refractivity contribution in [2.75, 3.05) is 18.1 Å². The summed E-state index contributed by atoms with van der Waals surface area (Å²) in [5.41, 5.74) is 1.26. The van der Waals surface area contributed by atoms with Crippen LogP contribution in [0.5, 0.6) is 0 Å². The van der Waals surface area contributed by atoms with E-state index >= 15 is 0 Å². The molecule has 0 unspecified atom stereocenters. The molecule has 0 saturated heterocycles. The molecule has 0 atom stereocenters. The predicted molar refractivity (Wildman–Crippen MR) is 63.7 cm³/mol. The van der Waals surface area contributed by atoms with Crippen LogP contribution in [0, 0.1) is 11.3 Å². The molecule has 0 amide bonds. The molecule has 16 heavy (non-hydrogen) atoms. The van der Waals surface area contributed by atoms with Gasteiger partial charge in [0.05, 0.1) is 17.7 Å². The summed E-state index contributed by atoms with van der Waals surface area (Å²) < 4.78 is 0. The molecule has 5 heteroatoms. The molecule has 0 spiro atoms. The molecule has 4 nitrogen and oxygen atoms in total. The summed E-state index contributed by atoms with van der Waals surface area (Å²) in [6, 6.07) is 7.61. The molecule has 2 N–H and O–H groups in total. The van der Waals surface area contributed by atoms with E-state index in [1.807, 2.05) is 18.4 Å². The van der Waals surface area contributed by atoms with Crippen molar-refractivity contribution in [2.45, 2.75) is 11.3 Å². The maximum absolute atomic E-state index is 10.4. The first-order valence-electron chi connectivity index (χ1n) is 4.71. The van der Waals surface area contributed by atoms with E-state index in [0.29, 0.717) is 17.8 Å². The number of rotatable bonds is 5. The first kappa shape index (κ1) is 12.4. The zero-order chi connectivity index (χ0) is 12.0. The van der Waals surface area contributed by atoms with Crippen molar-refractivity contribution in [3.8, 4) is 6.07 Å². The Morgan fingerprint density at radius 3 is 2.94 bits per heavy atom. The number of aliphatic carboxylic acids is 1. The van der Waals surface area contributed by atoms with Crippen molar-refractivity contribution >= 4 is 23.4 Å². The third-order valence-electron chi connectivity index (χ3n) is 2.01. The lowest BCUT2D eigenvalue weighted by atomic mass is 10.2. The first-order chi connectivity index (χ1) is 7.69. The van der Waals surface area contributed by atoms with E-state index < -0.39 is 5.97 Å². The van der Waals surface area contributed by atoms with Gasteiger partial charge in [-0.3, -0.25) is 4.79 Å². The van der Waals surface area contributed by atoms with Gasteiger partial charge >= 0.3 is 5.97 Å². The van der Waals surface area contributed by atoms with Crippen molar-refractivity contribution in [1.29, 1.82) is 5.26 Å². The van der Waals surface area contributed by atoms with Gasteiger partial charge in [0.25, 0.3) is 0 Å². The van der Waals surface area contributed by atoms with Gasteiger partial charge in [0.1, 0.15) is 6.07 Å². The fourth-order valence-corrected chi connectivity index (χ4v) is 1.84. The van der Waals surface area contributed by atoms with Crippen LogP contribution in [0.1, 0.15) is 12.0 Å². The van der Waals surface area contributed by atoms with E-state index in [4.69, 9.17) is 10.4 Å². The standard InChI is InChI=1S/C11H12N2O2S/c1-16-10-4-2-3-9(8(10)7-12)13-6-5-11(14)15/h2-4,13H,5-6H2,1H3,(H,14,15). The average Bonchev–Trinajstić information content (AvgIpc) is 2.28. The van der Waals surface area contributed by atoms with Gasteiger partial charge in [-0.25, -0.2) is 0 Å². The molecule has 1 aromatic rings. The van der Waals surface area contributed by atoms with Crippen LogP contribution in [0.3, 0.4) is 0 Å². The van der Waals surface area contributed by atoms with Gasteiger partial charge < -0.3 is 10.4 Å². The number of benzene rings is 1. The molecule has 0 aliphatic rings. The third-order valence-corrected chi connectivity index (χ3v) is 2.79. The highest BCUT2D eigenvalue weighted by atomic mass is 32.2. The van der Waals surface area contributed by atoms with Crippen LogP contribution in [0.15, 0.2) is 23.1 Å². The van der Waals surface area contributed by atoms with Crippen molar-refractivity contribution < 1.29 is 9.90 Å². The zero-order valence-electron chi connectivity index (χ0n) is 8.86. The highest BCUT2D eigenvalue weighted by Crippen LogP contribution is 2.26. The average molecular weight is 236 g/mol. The van der Waals surface area contributed by atoms with Gasteiger partial charge in [0.15, 0.2) is 0 Å². The number of hydrogen-bond acceptors (Lipinski definition) is 4. The summed E-state index contributed by atoms with van der Waals surface area (Å²) in [4.78, 5) is 11.2. The van der Waals surface area contributed by atoms with Crippen LogP contribution in [0.25, 0.3) is 0 Å². The number of nitrogens with one attached hydrogen (secondary N) is 1. The fourth-order valence-electron chi connectivity index (χ4n) is 1.27. The lowest BCUT2D eigenvalue weighted by Crippen LogP contribution is -2.08. The normalized spacial score (nSPS) is 9.50. The van der Waals surface area contributed by atoms with Crippen molar-refractivity contribution in [3.63, 3.8) is 0 Å². The van der Waals surface area contributed by atoms with E-state index in [-0.39, 0.29) is 6.42 Å². The van der Waals surface area contributed by atoms with Gasteiger partial charge in [0, 0.05) is 11.4 Å². The monoisotopic (exact) mass is 236 g/mol. The lowest BCUT2D eigenvalue weighted by Gasteiger charge is -2.09. The predicted octanol–water partition coefficient (Wildman–Crippen LogP) is 2.17. The summed E-state index contributed by atoms with van der Waals surface area (Å²) in [6.45, 7) is 0.321. The number of nitrogens with zero attached hydrogens (tertiary/aromatic N) is 1. The Labute approximate surface area is 98.3 Å². The van der Waals surface area contributed by atoms with Gasteiger partial charge in [-0.1, -0.05) is 6.07 Å². The van der Waals surface area contributed by atoms with E-state index in [1.54, 1.807) is 6.07 Å². The smallest absolute Gasteiger partial charge is 0.305 e. The Balaban J connectivity index is 2.80. The number of carboxylic acid groups (broad SMARTS) is 1. The number of carboxylic acids is 1. The van der Waals surface area contributed by atoms with E-state index in [0.717, 1.165) is 4.90 Å². The number of thioether (sulfide) groups is 1. The summed E-state index contributed by atoms with van der Waals surface area (Å²) in [5.74, 6) is -0.855. The highest BCUT2D eigenvalue weighted by Gasteiger charge is 2.06. The van der Waals surface area contributed by atoms with Crippen LogP contribution in [-0.2, 0) is 4.79 Å². The summed E-state index contributed by atoms with van der Waals surface area (Å²) >= 11 is 1.50. The number of nitriles is 1. The molecule has 1 rings (SSSR count). The minimum absolute atomic E-state index is 0.0361. The molecule has 1 aromatic carbocycles. The Morgan fingerprint density at radius 1 is 1.62 bits per heavy atom. The quantitative estimate of drug-likeness (QED) is 0.766. The van der Waals surface area contributed by atoms with Crippen LogP contribution in [0.2, 0.25) is 0 Å².